The maximum absolute atomic E-state index is 6.16. The Morgan fingerprint density at radius 1 is 1.69 bits per heavy atom. The Morgan fingerprint density at radius 2 is 2.50 bits per heavy atom. The Balaban J connectivity index is 2.56. The zero-order valence-corrected chi connectivity index (χ0v) is 9.96. The molecule has 1 unspecified atom stereocenters. The van der Waals surface area contributed by atoms with Crippen molar-refractivity contribution in [2.24, 2.45) is 0 Å². The largest absolute Gasteiger partial charge is 0.378 e. The van der Waals surface area contributed by atoms with Crippen LogP contribution in [0.1, 0.15) is 17.5 Å². The number of hydrogen-bond donors (Lipinski definition) is 0. The fraction of sp³-hybridized carbons (Fsp3) is 0.417. The molecule has 0 spiro atoms. The number of ether oxygens (including phenoxy) is 2. The van der Waals surface area contributed by atoms with Gasteiger partial charge < -0.3 is 9.47 Å². The smallest absolute Gasteiger partial charge is 0.135 e. The first-order valence-electron chi connectivity index (χ1n) is 5.14. The molecule has 0 bridgehead atoms. The molecular formula is C12H14ClNO2. The first-order valence-corrected chi connectivity index (χ1v) is 5.51. The second-order valence-corrected chi connectivity index (χ2v) is 4.13. The zero-order valence-electron chi connectivity index (χ0n) is 9.20. The fourth-order valence-electron chi connectivity index (χ4n) is 2.08. The van der Waals surface area contributed by atoms with Gasteiger partial charge in [0.15, 0.2) is 0 Å². The van der Waals surface area contributed by atoms with Gasteiger partial charge in [-0.15, -0.1) is 0 Å². The van der Waals surface area contributed by atoms with E-state index in [1.54, 1.807) is 19.4 Å². The normalized spacial score (nSPS) is 24.6. The minimum Gasteiger partial charge on any atom is -0.378 e. The molecular weight excluding hydrogens is 226 g/mol. The lowest BCUT2D eigenvalue weighted by Crippen LogP contribution is -2.30. The quantitative estimate of drug-likeness (QED) is 0.760. The highest BCUT2D eigenvalue weighted by Crippen LogP contribution is 2.39. The topological polar surface area (TPSA) is 31.4 Å². The maximum Gasteiger partial charge on any atom is 0.135 e. The lowest BCUT2D eigenvalue weighted by Gasteiger charge is -2.28. The number of aromatic nitrogens is 1. The lowest BCUT2D eigenvalue weighted by atomic mass is 9.90. The fourth-order valence-corrected chi connectivity index (χ4v) is 2.42. The van der Waals surface area contributed by atoms with Gasteiger partial charge in [0.2, 0.25) is 0 Å². The second kappa shape index (κ2) is 4.53. The third-order valence-electron chi connectivity index (χ3n) is 2.99. The lowest BCUT2D eigenvalue weighted by molar-refractivity contribution is -0.0216. The van der Waals surface area contributed by atoms with Crippen LogP contribution in [-0.2, 0) is 15.1 Å². The summed E-state index contributed by atoms with van der Waals surface area (Å²) in [6.45, 7) is 4.97. The van der Waals surface area contributed by atoms with Crippen LogP contribution in [0.2, 0.25) is 5.15 Å². The number of pyridine rings is 1. The van der Waals surface area contributed by atoms with Crippen molar-refractivity contribution in [1.82, 2.24) is 4.98 Å². The Bertz CT molecular complexity index is 400. The molecule has 0 amide bonds. The standard InChI is InChI=1S/C12H14ClNO2/c1-3-9-4-6-14-11(13)10(9)12(15-2)5-7-16-8-12/h3-4,6H,1,5,7-8H2,2H3. The van der Waals surface area contributed by atoms with Gasteiger partial charge in [0.05, 0.1) is 6.61 Å². The SMILES string of the molecule is C=Cc1ccnc(Cl)c1C1(OC)CCOC1. The number of halogens is 1. The summed E-state index contributed by atoms with van der Waals surface area (Å²) in [5.41, 5.74) is 1.36. The number of hydrogen-bond acceptors (Lipinski definition) is 3. The third-order valence-corrected chi connectivity index (χ3v) is 3.28. The molecule has 1 fully saturated rings. The molecule has 0 radical (unpaired) electrons. The monoisotopic (exact) mass is 239 g/mol. The number of methoxy groups -OCH3 is 1. The summed E-state index contributed by atoms with van der Waals surface area (Å²) in [6.07, 6.45) is 4.22. The first-order chi connectivity index (χ1) is 7.73. The third kappa shape index (κ3) is 1.75. The van der Waals surface area contributed by atoms with Crippen LogP contribution in [0.15, 0.2) is 18.8 Å². The Labute approximate surface area is 100 Å². The maximum atomic E-state index is 6.16. The molecule has 0 aromatic carbocycles. The molecule has 1 aliphatic rings. The van der Waals surface area contributed by atoms with Gasteiger partial charge >= 0.3 is 0 Å². The van der Waals surface area contributed by atoms with Gasteiger partial charge in [-0.1, -0.05) is 24.3 Å². The predicted molar refractivity (Wildman–Crippen MR) is 63.5 cm³/mol. The van der Waals surface area contributed by atoms with Crippen LogP contribution in [0, 0.1) is 0 Å². The highest BCUT2D eigenvalue weighted by atomic mass is 35.5. The number of nitrogens with zero attached hydrogens (tertiary/aromatic N) is 1. The molecule has 0 saturated carbocycles. The van der Waals surface area contributed by atoms with E-state index < -0.39 is 5.60 Å². The Hall–Kier alpha value is -0.900. The van der Waals surface area contributed by atoms with E-state index in [1.807, 2.05) is 6.07 Å². The van der Waals surface area contributed by atoms with Crippen molar-refractivity contribution in [1.29, 1.82) is 0 Å². The molecule has 1 aliphatic heterocycles. The van der Waals surface area contributed by atoms with E-state index in [0.29, 0.717) is 18.4 Å². The highest BCUT2D eigenvalue weighted by molar-refractivity contribution is 6.30. The van der Waals surface area contributed by atoms with E-state index in [9.17, 15) is 0 Å². The molecule has 2 rings (SSSR count). The minimum absolute atomic E-state index is 0.463. The van der Waals surface area contributed by atoms with E-state index in [4.69, 9.17) is 21.1 Å². The van der Waals surface area contributed by atoms with Crippen LogP contribution in [0.4, 0.5) is 0 Å². The summed E-state index contributed by atoms with van der Waals surface area (Å²) >= 11 is 6.16. The van der Waals surface area contributed by atoms with Gasteiger partial charge in [-0.3, -0.25) is 0 Å². The molecule has 1 aromatic heterocycles. The molecule has 4 heteroatoms. The van der Waals surface area contributed by atoms with Crippen molar-refractivity contribution in [3.8, 4) is 0 Å². The summed E-state index contributed by atoms with van der Waals surface area (Å²) in [6, 6.07) is 1.88. The number of rotatable bonds is 3. The van der Waals surface area contributed by atoms with Crippen molar-refractivity contribution < 1.29 is 9.47 Å². The molecule has 1 saturated heterocycles. The summed E-state index contributed by atoms with van der Waals surface area (Å²) in [5.74, 6) is 0. The molecule has 16 heavy (non-hydrogen) atoms. The van der Waals surface area contributed by atoms with Crippen molar-refractivity contribution in [2.45, 2.75) is 12.0 Å². The van der Waals surface area contributed by atoms with Gasteiger partial charge in [-0.05, 0) is 11.6 Å². The highest BCUT2D eigenvalue weighted by Gasteiger charge is 2.40. The Morgan fingerprint density at radius 3 is 3.06 bits per heavy atom. The van der Waals surface area contributed by atoms with Gasteiger partial charge in [-0.2, -0.15) is 0 Å². The van der Waals surface area contributed by atoms with Crippen LogP contribution >= 0.6 is 11.6 Å². The second-order valence-electron chi connectivity index (χ2n) is 3.77. The van der Waals surface area contributed by atoms with Crippen LogP contribution in [0.3, 0.4) is 0 Å². The molecule has 0 aliphatic carbocycles. The minimum atomic E-state index is -0.477. The summed E-state index contributed by atoms with van der Waals surface area (Å²) in [5, 5.41) is 0.463. The summed E-state index contributed by atoms with van der Waals surface area (Å²) in [7, 11) is 1.67. The molecule has 1 aromatic rings. The molecule has 86 valence electrons. The van der Waals surface area contributed by atoms with Gasteiger partial charge in [0, 0.05) is 31.9 Å². The van der Waals surface area contributed by atoms with Gasteiger partial charge in [-0.25, -0.2) is 4.98 Å². The summed E-state index contributed by atoms with van der Waals surface area (Å²) < 4.78 is 11.0. The van der Waals surface area contributed by atoms with Crippen LogP contribution in [0.25, 0.3) is 6.08 Å². The molecule has 3 nitrogen and oxygen atoms in total. The van der Waals surface area contributed by atoms with E-state index in [2.05, 4.69) is 11.6 Å². The van der Waals surface area contributed by atoms with Crippen molar-refractivity contribution in [2.75, 3.05) is 20.3 Å². The average Bonchev–Trinajstić information content (AvgIpc) is 2.78. The Kier molecular flexibility index (Phi) is 3.28. The predicted octanol–water partition coefficient (Wildman–Crippen LogP) is 2.64. The molecule has 1 atom stereocenters. The zero-order chi connectivity index (χ0) is 11.6. The first kappa shape index (κ1) is 11.6. The molecule has 0 N–H and O–H groups in total. The van der Waals surface area contributed by atoms with E-state index in [1.165, 1.54) is 0 Å². The van der Waals surface area contributed by atoms with Crippen LogP contribution in [0.5, 0.6) is 0 Å². The molecule has 2 heterocycles. The van der Waals surface area contributed by atoms with Gasteiger partial charge in [0.25, 0.3) is 0 Å². The van der Waals surface area contributed by atoms with E-state index in [0.717, 1.165) is 17.5 Å². The van der Waals surface area contributed by atoms with E-state index >= 15 is 0 Å². The van der Waals surface area contributed by atoms with Crippen molar-refractivity contribution in [3.63, 3.8) is 0 Å². The van der Waals surface area contributed by atoms with Crippen molar-refractivity contribution >= 4 is 17.7 Å². The van der Waals surface area contributed by atoms with Gasteiger partial charge in [0.1, 0.15) is 10.8 Å². The van der Waals surface area contributed by atoms with E-state index in [-0.39, 0.29) is 0 Å². The van der Waals surface area contributed by atoms with Crippen LogP contribution in [-0.4, -0.2) is 25.3 Å². The van der Waals surface area contributed by atoms with Crippen LogP contribution < -0.4 is 0 Å². The summed E-state index contributed by atoms with van der Waals surface area (Å²) in [4.78, 5) is 4.11. The van der Waals surface area contributed by atoms with Crippen molar-refractivity contribution in [3.05, 3.63) is 35.1 Å². The average molecular weight is 240 g/mol.